The van der Waals surface area contributed by atoms with Gasteiger partial charge in [0.05, 0.1) is 12.2 Å². The van der Waals surface area contributed by atoms with Gasteiger partial charge in [-0.2, -0.15) is 0 Å². The van der Waals surface area contributed by atoms with Gasteiger partial charge in [-0.15, -0.1) is 0 Å². The van der Waals surface area contributed by atoms with Crippen molar-refractivity contribution in [3.8, 4) is 0 Å². The van der Waals surface area contributed by atoms with E-state index in [9.17, 15) is 4.79 Å². The number of carbonyl (C=O) groups excluding carboxylic acids is 1. The number of amides is 1. The summed E-state index contributed by atoms with van der Waals surface area (Å²) in [5.41, 5.74) is 3.30. The average Bonchev–Trinajstić information content (AvgIpc) is 2.99. The van der Waals surface area contributed by atoms with Crippen molar-refractivity contribution in [1.29, 1.82) is 0 Å². The lowest BCUT2D eigenvalue weighted by Gasteiger charge is -2.30. The molecule has 118 valence electrons. The highest BCUT2D eigenvalue weighted by atomic mass is 16.2. The van der Waals surface area contributed by atoms with Crippen LogP contribution in [0.3, 0.4) is 0 Å². The highest BCUT2D eigenvalue weighted by molar-refractivity contribution is 5.88. The molecule has 1 fully saturated rings. The van der Waals surface area contributed by atoms with Crippen molar-refractivity contribution >= 4 is 11.7 Å². The zero-order valence-electron chi connectivity index (χ0n) is 13.7. The van der Waals surface area contributed by atoms with Gasteiger partial charge >= 0.3 is 0 Å². The van der Waals surface area contributed by atoms with Gasteiger partial charge in [0.15, 0.2) is 0 Å². The molecule has 3 heterocycles. The van der Waals surface area contributed by atoms with E-state index in [0.29, 0.717) is 6.54 Å². The van der Waals surface area contributed by atoms with Gasteiger partial charge in [0, 0.05) is 31.3 Å². The van der Waals surface area contributed by atoms with E-state index in [1.807, 2.05) is 25.7 Å². The Labute approximate surface area is 132 Å². The van der Waals surface area contributed by atoms with Crippen LogP contribution in [0.5, 0.6) is 0 Å². The van der Waals surface area contributed by atoms with Crippen LogP contribution in [0.4, 0.5) is 5.82 Å². The Hall–Kier alpha value is -1.91. The topological polar surface area (TPSA) is 49.3 Å². The minimum atomic E-state index is 0.0876. The number of anilines is 1. The first-order valence-corrected chi connectivity index (χ1v) is 8.10. The Morgan fingerprint density at radius 2 is 1.86 bits per heavy atom. The number of hydrogen-bond donors (Lipinski definition) is 0. The predicted molar refractivity (Wildman–Crippen MR) is 86.8 cm³/mol. The quantitative estimate of drug-likeness (QED) is 0.786. The third-order valence-electron chi connectivity index (χ3n) is 4.28. The van der Waals surface area contributed by atoms with Crippen molar-refractivity contribution < 1.29 is 4.79 Å². The Morgan fingerprint density at radius 1 is 1.14 bits per heavy atom. The molecular weight excluding hydrogens is 276 g/mol. The van der Waals surface area contributed by atoms with Gasteiger partial charge in [-0.3, -0.25) is 4.79 Å². The number of nitrogens with zero attached hydrogens (tertiary/aromatic N) is 4. The van der Waals surface area contributed by atoms with Gasteiger partial charge in [0.2, 0.25) is 5.91 Å². The zero-order chi connectivity index (χ0) is 15.7. The molecule has 0 spiro atoms. The summed E-state index contributed by atoms with van der Waals surface area (Å²) in [5, 5.41) is 0. The van der Waals surface area contributed by atoms with Gasteiger partial charge in [-0.05, 0) is 40.0 Å². The summed E-state index contributed by atoms with van der Waals surface area (Å²) in [6.45, 7) is 9.37. The highest BCUT2D eigenvalue weighted by Gasteiger charge is 2.27. The number of hydrogen-bond acceptors (Lipinski definition) is 4. The van der Waals surface area contributed by atoms with Crippen LogP contribution in [0.1, 0.15) is 43.8 Å². The van der Waals surface area contributed by atoms with E-state index in [-0.39, 0.29) is 5.91 Å². The molecule has 0 atom stereocenters. The molecule has 3 rings (SSSR count). The summed E-state index contributed by atoms with van der Waals surface area (Å²) >= 11 is 0. The van der Waals surface area contributed by atoms with E-state index in [4.69, 9.17) is 0 Å². The first-order chi connectivity index (χ1) is 10.5. The SMILES string of the molecule is CC(C)=CC(=O)N1CCc2c(nc(C)nc2N2CCCC2)C1. The van der Waals surface area contributed by atoms with Gasteiger partial charge in [-0.25, -0.2) is 9.97 Å². The van der Waals surface area contributed by atoms with E-state index < -0.39 is 0 Å². The standard InChI is InChI=1S/C17H24N4O/c1-12(2)10-16(22)21-9-6-14-15(11-21)18-13(3)19-17(14)20-7-4-5-8-20/h10H,4-9,11H2,1-3H3. The van der Waals surface area contributed by atoms with Crippen LogP contribution in [0.2, 0.25) is 0 Å². The molecule has 2 aliphatic rings. The van der Waals surface area contributed by atoms with Crippen LogP contribution in [0.25, 0.3) is 0 Å². The largest absolute Gasteiger partial charge is 0.356 e. The molecule has 0 N–H and O–H groups in total. The molecule has 5 heteroatoms. The molecule has 0 bridgehead atoms. The maximum absolute atomic E-state index is 12.2. The van der Waals surface area contributed by atoms with Crippen molar-refractivity contribution in [1.82, 2.24) is 14.9 Å². The average molecular weight is 300 g/mol. The molecule has 1 amide bonds. The lowest BCUT2D eigenvalue weighted by atomic mass is 10.0. The summed E-state index contributed by atoms with van der Waals surface area (Å²) in [4.78, 5) is 25.8. The number of aryl methyl sites for hydroxylation is 1. The lowest BCUT2D eigenvalue weighted by Crippen LogP contribution is -2.37. The van der Waals surface area contributed by atoms with Crippen LogP contribution < -0.4 is 4.90 Å². The monoisotopic (exact) mass is 300 g/mol. The van der Waals surface area contributed by atoms with Gasteiger partial charge in [0.25, 0.3) is 0 Å². The molecule has 0 aliphatic carbocycles. The van der Waals surface area contributed by atoms with Gasteiger partial charge in [-0.1, -0.05) is 5.57 Å². The van der Waals surface area contributed by atoms with Crippen molar-refractivity contribution in [2.45, 2.75) is 46.6 Å². The van der Waals surface area contributed by atoms with Crippen LogP contribution in [0.15, 0.2) is 11.6 Å². The second kappa shape index (κ2) is 6.07. The number of fused-ring (bicyclic) bond motifs is 1. The van der Waals surface area contributed by atoms with E-state index in [1.165, 1.54) is 18.4 Å². The predicted octanol–water partition coefficient (Wildman–Crippen LogP) is 2.24. The maximum atomic E-state index is 12.2. The molecule has 1 aromatic heterocycles. The molecule has 0 saturated carbocycles. The van der Waals surface area contributed by atoms with Crippen molar-refractivity contribution in [3.05, 3.63) is 28.7 Å². The number of rotatable bonds is 2. The second-order valence-corrected chi connectivity index (χ2v) is 6.45. The fourth-order valence-electron chi connectivity index (χ4n) is 3.25. The molecule has 5 nitrogen and oxygen atoms in total. The molecular formula is C17H24N4O. The Bertz CT molecular complexity index is 613. The summed E-state index contributed by atoms with van der Waals surface area (Å²) in [6.07, 6.45) is 5.04. The van der Waals surface area contributed by atoms with Gasteiger partial charge < -0.3 is 9.80 Å². The first kappa shape index (κ1) is 15.0. The van der Waals surface area contributed by atoms with E-state index >= 15 is 0 Å². The summed E-state index contributed by atoms with van der Waals surface area (Å²) in [6, 6.07) is 0. The molecule has 22 heavy (non-hydrogen) atoms. The normalized spacial score (nSPS) is 17.4. The van der Waals surface area contributed by atoms with Crippen LogP contribution in [-0.4, -0.2) is 40.4 Å². The number of allylic oxidation sites excluding steroid dienone is 1. The van der Waals surface area contributed by atoms with Crippen molar-refractivity contribution in [3.63, 3.8) is 0 Å². The van der Waals surface area contributed by atoms with Crippen LogP contribution in [0, 0.1) is 6.92 Å². The zero-order valence-corrected chi connectivity index (χ0v) is 13.7. The first-order valence-electron chi connectivity index (χ1n) is 8.10. The summed E-state index contributed by atoms with van der Waals surface area (Å²) < 4.78 is 0. The highest BCUT2D eigenvalue weighted by Crippen LogP contribution is 2.28. The molecule has 1 aromatic rings. The Balaban J connectivity index is 1.88. The fourth-order valence-corrected chi connectivity index (χ4v) is 3.25. The van der Waals surface area contributed by atoms with E-state index in [2.05, 4.69) is 14.9 Å². The minimum Gasteiger partial charge on any atom is -0.356 e. The van der Waals surface area contributed by atoms with Crippen molar-refractivity contribution in [2.75, 3.05) is 24.5 Å². The fraction of sp³-hybridized carbons (Fsp3) is 0.588. The van der Waals surface area contributed by atoms with Gasteiger partial charge in [0.1, 0.15) is 11.6 Å². The Morgan fingerprint density at radius 3 is 2.55 bits per heavy atom. The summed E-state index contributed by atoms with van der Waals surface area (Å²) in [7, 11) is 0. The third-order valence-corrected chi connectivity index (χ3v) is 4.28. The molecule has 0 radical (unpaired) electrons. The Kier molecular flexibility index (Phi) is 4.14. The second-order valence-electron chi connectivity index (χ2n) is 6.45. The number of carbonyl (C=O) groups is 1. The van der Waals surface area contributed by atoms with E-state index in [1.54, 1.807) is 6.08 Å². The molecule has 0 unspecified atom stereocenters. The van der Waals surface area contributed by atoms with Crippen molar-refractivity contribution in [2.24, 2.45) is 0 Å². The van der Waals surface area contributed by atoms with Crippen LogP contribution >= 0.6 is 0 Å². The third kappa shape index (κ3) is 2.98. The molecule has 0 aromatic carbocycles. The minimum absolute atomic E-state index is 0.0876. The summed E-state index contributed by atoms with van der Waals surface area (Å²) in [5.74, 6) is 2.00. The van der Waals surface area contributed by atoms with Crippen LogP contribution in [-0.2, 0) is 17.8 Å². The smallest absolute Gasteiger partial charge is 0.246 e. The maximum Gasteiger partial charge on any atom is 0.246 e. The molecule has 1 saturated heterocycles. The van der Waals surface area contributed by atoms with E-state index in [0.717, 1.165) is 49.0 Å². The molecule has 2 aliphatic heterocycles. The number of aromatic nitrogens is 2. The lowest BCUT2D eigenvalue weighted by molar-refractivity contribution is -0.127.